The average molecular weight is 257 g/mol. The summed E-state index contributed by atoms with van der Waals surface area (Å²) in [7, 11) is 0. The Morgan fingerprint density at radius 2 is 1.68 bits per heavy atom. The number of hydrogen-bond donors (Lipinski definition) is 1. The van der Waals surface area contributed by atoms with Crippen LogP contribution in [0.5, 0.6) is 0 Å². The molecule has 5 rings (SSSR count). The van der Waals surface area contributed by atoms with Gasteiger partial charge < -0.3 is 5.73 Å². The monoisotopic (exact) mass is 257 g/mol. The Kier molecular flexibility index (Phi) is 2.66. The zero-order chi connectivity index (χ0) is 13.0. The minimum atomic E-state index is 0.460. The van der Waals surface area contributed by atoms with Crippen LogP contribution in [-0.2, 0) is 6.54 Å². The molecule has 0 amide bonds. The number of aromatic nitrogens is 2. The first-order valence-corrected chi connectivity index (χ1v) is 7.77. The normalized spacial score (nSPS) is 39.8. The highest BCUT2D eigenvalue weighted by Crippen LogP contribution is 2.59. The quantitative estimate of drug-likeness (QED) is 0.886. The second-order valence-corrected chi connectivity index (χ2v) is 7.01. The van der Waals surface area contributed by atoms with Crippen molar-refractivity contribution in [3.05, 3.63) is 23.3 Å². The summed E-state index contributed by atoms with van der Waals surface area (Å²) in [6.45, 7) is 2.53. The molecule has 0 aromatic carbocycles. The van der Waals surface area contributed by atoms with Gasteiger partial charge in [-0.05, 0) is 68.8 Å². The van der Waals surface area contributed by atoms with Crippen molar-refractivity contribution in [2.75, 3.05) is 0 Å². The number of aryl methyl sites for hydroxylation is 1. The molecule has 102 valence electrons. The molecule has 4 fully saturated rings. The van der Waals surface area contributed by atoms with Gasteiger partial charge in [0.1, 0.15) is 5.82 Å². The summed E-state index contributed by atoms with van der Waals surface area (Å²) in [4.78, 5) is 9.19. The van der Waals surface area contributed by atoms with Crippen molar-refractivity contribution in [1.29, 1.82) is 0 Å². The lowest BCUT2D eigenvalue weighted by atomic mass is 9.51. The van der Waals surface area contributed by atoms with E-state index in [0.29, 0.717) is 12.5 Å². The van der Waals surface area contributed by atoms with Crippen molar-refractivity contribution >= 4 is 0 Å². The van der Waals surface area contributed by atoms with E-state index in [2.05, 4.69) is 18.0 Å². The predicted molar refractivity (Wildman–Crippen MR) is 74.4 cm³/mol. The number of rotatable bonds is 2. The third-order valence-electron chi connectivity index (χ3n) is 5.67. The lowest BCUT2D eigenvalue weighted by Gasteiger charge is -2.54. The van der Waals surface area contributed by atoms with Crippen LogP contribution < -0.4 is 5.73 Å². The SMILES string of the molecule is Cc1cc(C2C3CC4CC(C3)CC2C4)nc(CN)n1. The summed E-state index contributed by atoms with van der Waals surface area (Å²) in [5, 5.41) is 0. The molecule has 0 radical (unpaired) electrons. The molecule has 4 bridgehead atoms. The molecule has 0 spiro atoms. The fraction of sp³-hybridized carbons (Fsp3) is 0.750. The molecule has 0 aliphatic heterocycles. The van der Waals surface area contributed by atoms with E-state index in [1.807, 2.05) is 0 Å². The van der Waals surface area contributed by atoms with Gasteiger partial charge in [-0.25, -0.2) is 9.97 Å². The Morgan fingerprint density at radius 3 is 2.26 bits per heavy atom. The maximum absolute atomic E-state index is 5.74. The van der Waals surface area contributed by atoms with Gasteiger partial charge >= 0.3 is 0 Å². The highest BCUT2D eigenvalue weighted by atomic mass is 14.9. The van der Waals surface area contributed by atoms with Gasteiger partial charge in [0.25, 0.3) is 0 Å². The third-order valence-corrected chi connectivity index (χ3v) is 5.67. The van der Waals surface area contributed by atoms with Gasteiger partial charge in [-0.1, -0.05) is 0 Å². The van der Waals surface area contributed by atoms with E-state index >= 15 is 0 Å². The van der Waals surface area contributed by atoms with Gasteiger partial charge in [0.2, 0.25) is 0 Å². The van der Waals surface area contributed by atoms with Crippen LogP contribution in [0.25, 0.3) is 0 Å². The Hall–Kier alpha value is -0.960. The molecule has 0 atom stereocenters. The smallest absolute Gasteiger partial charge is 0.142 e. The fourth-order valence-electron chi connectivity index (χ4n) is 5.33. The van der Waals surface area contributed by atoms with Crippen LogP contribution in [0.15, 0.2) is 6.07 Å². The van der Waals surface area contributed by atoms with Gasteiger partial charge in [0.05, 0.1) is 6.54 Å². The molecule has 3 nitrogen and oxygen atoms in total. The second-order valence-electron chi connectivity index (χ2n) is 7.01. The molecule has 1 aromatic heterocycles. The summed E-state index contributed by atoms with van der Waals surface area (Å²) >= 11 is 0. The summed E-state index contributed by atoms with van der Waals surface area (Å²) in [5.41, 5.74) is 8.11. The predicted octanol–water partition coefficient (Wildman–Crippen LogP) is 2.78. The molecular formula is C16H23N3. The summed E-state index contributed by atoms with van der Waals surface area (Å²) in [6, 6.07) is 2.21. The maximum atomic E-state index is 5.74. The molecular weight excluding hydrogens is 234 g/mol. The number of hydrogen-bond acceptors (Lipinski definition) is 3. The van der Waals surface area contributed by atoms with Crippen LogP contribution in [-0.4, -0.2) is 9.97 Å². The Morgan fingerprint density at radius 1 is 1.05 bits per heavy atom. The third kappa shape index (κ3) is 1.90. The van der Waals surface area contributed by atoms with Crippen molar-refractivity contribution in [1.82, 2.24) is 9.97 Å². The molecule has 0 saturated heterocycles. The second kappa shape index (κ2) is 4.27. The summed E-state index contributed by atoms with van der Waals surface area (Å²) in [5.74, 6) is 5.34. The van der Waals surface area contributed by atoms with Crippen LogP contribution in [0.2, 0.25) is 0 Å². The van der Waals surface area contributed by atoms with Crippen LogP contribution >= 0.6 is 0 Å². The van der Waals surface area contributed by atoms with E-state index in [-0.39, 0.29) is 0 Å². The minimum absolute atomic E-state index is 0.460. The Labute approximate surface area is 115 Å². The minimum Gasteiger partial charge on any atom is -0.324 e. The largest absolute Gasteiger partial charge is 0.324 e. The van der Waals surface area contributed by atoms with Gasteiger partial charge in [0, 0.05) is 17.3 Å². The number of nitrogens with two attached hydrogens (primary N) is 1. The highest BCUT2D eigenvalue weighted by molar-refractivity contribution is 5.20. The van der Waals surface area contributed by atoms with Crippen LogP contribution in [0.1, 0.15) is 55.2 Å². The zero-order valence-corrected chi connectivity index (χ0v) is 11.7. The molecule has 3 heteroatoms. The topological polar surface area (TPSA) is 51.8 Å². The summed E-state index contributed by atoms with van der Waals surface area (Å²) < 4.78 is 0. The first-order chi connectivity index (χ1) is 9.22. The van der Waals surface area contributed by atoms with Gasteiger partial charge in [0.15, 0.2) is 0 Å². The molecule has 19 heavy (non-hydrogen) atoms. The van der Waals surface area contributed by atoms with Crippen molar-refractivity contribution in [3.8, 4) is 0 Å². The van der Waals surface area contributed by atoms with E-state index in [1.165, 1.54) is 37.8 Å². The van der Waals surface area contributed by atoms with Gasteiger partial charge in [-0.15, -0.1) is 0 Å². The lowest BCUT2D eigenvalue weighted by molar-refractivity contribution is -0.00427. The zero-order valence-electron chi connectivity index (χ0n) is 11.7. The highest BCUT2D eigenvalue weighted by Gasteiger charge is 2.49. The molecule has 1 heterocycles. The van der Waals surface area contributed by atoms with E-state index in [1.54, 1.807) is 0 Å². The lowest BCUT2D eigenvalue weighted by Crippen LogP contribution is -2.44. The molecule has 4 saturated carbocycles. The van der Waals surface area contributed by atoms with E-state index in [0.717, 1.165) is 35.2 Å². The van der Waals surface area contributed by atoms with E-state index in [9.17, 15) is 0 Å². The van der Waals surface area contributed by atoms with Crippen molar-refractivity contribution in [2.45, 2.75) is 51.5 Å². The van der Waals surface area contributed by atoms with Gasteiger partial charge in [-0.3, -0.25) is 0 Å². The molecule has 1 aromatic rings. The van der Waals surface area contributed by atoms with Crippen LogP contribution in [0.3, 0.4) is 0 Å². The van der Waals surface area contributed by atoms with E-state index in [4.69, 9.17) is 10.7 Å². The molecule has 4 aliphatic rings. The van der Waals surface area contributed by atoms with E-state index < -0.39 is 0 Å². The first kappa shape index (κ1) is 11.8. The number of nitrogens with zero attached hydrogens (tertiary/aromatic N) is 2. The average Bonchev–Trinajstić information content (AvgIpc) is 2.36. The molecule has 2 N–H and O–H groups in total. The van der Waals surface area contributed by atoms with Crippen LogP contribution in [0, 0.1) is 30.6 Å². The fourth-order valence-corrected chi connectivity index (χ4v) is 5.33. The summed E-state index contributed by atoms with van der Waals surface area (Å²) in [6.07, 6.45) is 7.28. The Balaban J connectivity index is 1.70. The molecule has 0 unspecified atom stereocenters. The standard InChI is InChI=1S/C16H23N3/c1-9-2-14(19-15(8-17)18-9)16-12-4-10-3-11(6-12)7-13(16)5-10/h2,10-13,16H,3-8,17H2,1H3. The van der Waals surface area contributed by atoms with Crippen LogP contribution in [0.4, 0.5) is 0 Å². The van der Waals surface area contributed by atoms with Gasteiger partial charge in [-0.2, -0.15) is 0 Å². The molecule has 4 aliphatic carbocycles. The first-order valence-electron chi connectivity index (χ1n) is 7.77. The van der Waals surface area contributed by atoms with Crippen molar-refractivity contribution in [2.24, 2.45) is 29.4 Å². The Bertz CT molecular complexity index is 469. The van der Waals surface area contributed by atoms with Crippen molar-refractivity contribution < 1.29 is 0 Å². The maximum Gasteiger partial charge on any atom is 0.142 e. The van der Waals surface area contributed by atoms with Crippen molar-refractivity contribution in [3.63, 3.8) is 0 Å².